The van der Waals surface area contributed by atoms with Crippen LogP contribution in [-0.2, 0) is 0 Å². The second kappa shape index (κ2) is 6.64. The number of rotatable bonds is 5. The van der Waals surface area contributed by atoms with Crippen molar-refractivity contribution in [3.8, 4) is 0 Å². The summed E-state index contributed by atoms with van der Waals surface area (Å²) in [6.07, 6.45) is 1.23. The molecule has 0 aromatic heterocycles. The molecule has 6 heteroatoms. The molecule has 1 atom stereocenters. The highest BCUT2D eigenvalue weighted by molar-refractivity contribution is 6.20. The van der Waals surface area contributed by atoms with Crippen LogP contribution in [0.4, 0.5) is 13.2 Å². The number of alkyl halides is 1. The first kappa shape index (κ1) is 14.8. The summed E-state index contributed by atoms with van der Waals surface area (Å²) >= 11 is 5.83. The quantitative estimate of drug-likeness (QED) is 0.824. The maximum absolute atomic E-state index is 13.2. The van der Waals surface area contributed by atoms with Gasteiger partial charge in [-0.2, -0.15) is 0 Å². The molecule has 1 N–H and O–H groups in total. The van der Waals surface area contributed by atoms with Gasteiger partial charge in [-0.05, 0) is 12.8 Å². The van der Waals surface area contributed by atoms with Crippen molar-refractivity contribution >= 4 is 17.5 Å². The van der Waals surface area contributed by atoms with E-state index in [1.807, 2.05) is 6.92 Å². The summed E-state index contributed by atoms with van der Waals surface area (Å²) in [5.74, 6) is -4.41. The van der Waals surface area contributed by atoms with Crippen molar-refractivity contribution in [1.29, 1.82) is 0 Å². The summed E-state index contributed by atoms with van der Waals surface area (Å²) in [6.45, 7) is 2.09. The van der Waals surface area contributed by atoms with Crippen LogP contribution in [0.15, 0.2) is 12.1 Å². The van der Waals surface area contributed by atoms with E-state index in [1.165, 1.54) is 0 Å². The van der Waals surface area contributed by atoms with Gasteiger partial charge < -0.3 is 5.32 Å². The number of benzene rings is 1. The van der Waals surface area contributed by atoms with Gasteiger partial charge in [-0.15, -0.1) is 11.6 Å². The van der Waals surface area contributed by atoms with Gasteiger partial charge in [0.1, 0.15) is 23.0 Å². The zero-order valence-corrected chi connectivity index (χ0v) is 10.5. The molecule has 1 rings (SSSR count). The first-order valence-corrected chi connectivity index (χ1v) is 5.96. The van der Waals surface area contributed by atoms with Crippen molar-refractivity contribution in [2.45, 2.75) is 25.1 Å². The second-order valence-electron chi connectivity index (χ2n) is 3.79. The minimum Gasteiger partial charge on any atom is -0.352 e. The van der Waals surface area contributed by atoms with E-state index in [0.29, 0.717) is 18.6 Å². The Morgan fingerprint density at radius 3 is 2.39 bits per heavy atom. The molecule has 1 unspecified atom stereocenters. The third kappa shape index (κ3) is 3.91. The van der Waals surface area contributed by atoms with E-state index in [4.69, 9.17) is 11.6 Å². The molecule has 100 valence electrons. The maximum atomic E-state index is 13.2. The van der Waals surface area contributed by atoms with Crippen molar-refractivity contribution < 1.29 is 18.0 Å². The van der Waals surface area contributed by atoms with Gasteiger partial charge in [0, 0.05) is 24.1 Å². The molecule has 0 aliphatic carbocycles. The normalized spacial score (nSPS) is 12.3. The Bertz CT molecular complexity index is 416. The van der Waals surface area contributed by atoms with Crippen molar-refractivity contribution in [3.63, 3.8) is 0 Å². The maximum Gasteiger partial charge on any atom is 0.257 e. The summed E-state index contributed by atoms with van der Waals surface area (Å²) in [5, 5.41) is 2.24. The molecular formula is C12H13ClF3NO. The van der Waals surface area contributed by atoms with Crippen molar-refractivity contribution in [1.82, 2.24) is 5.32 Å². The Hall–Kier alpha value is -1.23. The van der Waals surface area contributed by atoms with Crippen molar-refractivity contribution in [3.05, 3.63) is 35.1 Å². The number of amides is 1. The number of nitrogens with one attached hydrogen (secondary N) is 1. The van der Waals surface area contributed by atoms with Gasteiger partial charge in [-0.25, -0.2) is 13.2 Å². The smallest absolute Gasteiger partial charge is 0.257 e. The summed E-state index contributed by atoms with van der Waals surface area (Å²) in [4.78, 5) is 11.5. The summed E-state index contributed by atoms with van der Waals surface area (Å²) < 4.78 is 39.1. The van der Waals surface area contributed by atoms with E-state index < -0.39 is 28.9 Å². The molecule has 0 bridgehead atoms. The van der Waals surface area contributed by atoms with Gasteiger partial charge in [-0.3, -0.25) is 4.79 Å². The fourth-order valence-electron chi connectivity index (χ4n) is 1.39. The molecule has 2 nitrogen and oxygen atoms in total. The van der Waals surface area contributed by atoms with Gasteiger partial charge in [0.15, 0.2) is 0 Å². The molecule has 0 fully saturated rings. The SMILES string of the molecule is CCC(Cl)CCNC(=O)c1c(F)cc(F)cc1F. The van der Waals surface area contributed by atoms with Gasteiger partial charge in [0.25, 0.3) is 5.91 Å². The summed E-state index contributed by atoms with van der Waals surface area (Å²) in [6, 6.07) is 0.933. The fourth-order valence-corrected chi connectivity index (χ4v) is 1.50. The van der Waals surface area contributed by atoms with E-state index in [1.54, 1.807) is 0 Å². The van der Waals surface area contributed by atoms with Crippen LogP contribution in [0.2, 0.25) is 0 Å². The van der Waals surface area contributed by atoms with Crippen LogP contribution in [-0.4, -0.2) is 17.8 Å². The van der Waals surface area contributed by atoms with Crippen LogP contribution >= 0.6 is 11.6 Å². The van der Waals surface area contributed by atoms with Crippen LogP contribution in [0.1, 0.15) is 30.1 Å². The van der Waals surface area contributed by atoms with Crippen molar-refractivity contribution in [2.24, 2.45) is 0 Å². The minimum absolute atomic E-state index is 0.104. The largest absolute Gasteiger partial charge is 0.352 e. The molecule has 0 saturated heterocycles. The summed E-state index contributed by atoms with van der Waals surface area (Å²) in [7, 11) is 0. The molecular weight excluding hydrogens is 267 g/mol. The molecule has 0 saturated carbocycles. The van der Waals surface area contributed by atoms with E-state index in [0.717, 1.165) is 6.42 Å². The lowest BCUT2D eigenvalue weighted by Crippen LogP contribution is -2.28. The summed E-state index contributed by atoms with van der Waals surface area (Å²) in [5.41, 5.74) is -0.779. The van der Waals surface area contributed by atoms with E-state index in [-0.39, 0.29) is 11.9 Å². The predicted molar refractivity (Wildman–Crippen MR) is 63.2 cm³/mol. The molecule has 1 aromatic rings. The van der Waals surface area contributed by atoms with Crippen LogP contribution in [0.3, 0.4) is 0 Å². The number of hydrogen-bond acceptors (Lipinski definition) is 1. The van der Waals surface area contributed by atoms with Crippen LogP contribution in [0.5, 0.6) is 0 Å². The molecule has 0 aliphatic rings. The topological polar surface area (TPSA) is 29.1 Å². The zero-order chi connectivity index (χ0) is 13.7. The van der Waals surface area contributed by atoms with E-state index in [2.05, 4.69) is 5.32 Å². The number of carbonyl (C=O) groups is 1. The number of halogens is 4. The lowest BCUT2D eigenvalue weighted by molar-refractivity contribution is 0.0944. The third-order valence-corrected chi connectivity index (χ3v) is 2.95. The number of carbonyl (C=O) groups excluding carboxylic acids is 1. The highest BCUT2D eigenvalue weighted by atomic mass is 35.5. The average molecular weight is 280 g/mol. The van der Waals surface area contributed by atoms with Crippen LogP contribution < -0.4 is 5.32 Å². The molecule has 0 radical (unpaired) electrons. The lowest BCUT2D eigenvalue weighted by atomic mass is 10.1. The van der Waals surface area contributed by atoms with Gasteiger partial charge >= 0.3 is 0 Å². The van der Waals surface area contributed by atoms with Crippen LogP contribution in [0, 0.1) is 17.5 Å². The van der Waals surface area contributed by atoms with Gasteiger partial charge in [-0.1, -0.05) is 6.92 Å². The molecule has 0 aliphatic heterocycles. The van der Waals surface area contributed by atoms with Crippen LogP contribution in [0.25, 0.3) is 0 Å². The molecule has 0 heterocycles. The fraction of sp³-hybridized carbons (Fsp3) is 0.417. The Balaban J connectivity index is 2.67. The third-order valence-electron chi connectivity index (χ3n) is 2.42. The Morgan fingerprint density at radius 2 is 1.89 bits per heavy atom. The van der Waals surface area contributed by atoms with Gasteiger partial charge in [0.05, 0.1) is 0 Å². The van der Waals surface area contributed by atoms with Crippen molar-refractivity contribution in [2.75, 3.05) is 6.54 Å². The Kier molecular flexibility index (Phi) is 5.47. The Labute approximate surface area is 108 Å². The second-order valence-corrected chi connectivity index (χ2v) is 4.41. The lowest BCUT2D eigenvalue weighted by Gasteiger charge is -2.09. The zero-order valence-electron chi connectivity index (χ0n) is 9.77. The molecule has 1 aromatic carbocycles. The first-order valence-electron chi connectivity index (χ1n) is 5.52. The Morgan fingerprint density at radius 1 is 1.33 bits per heavy atom. The standard InChI is InChI=1S/C12H13ClF3NO/c1-2-7(13)3-4-17-12(18)11-9(15)5-8(14)6-10(11)16/h5-7H,2-4H2,1H3,(H,17,18). The molecule has 18 heavy (non-hydrogen) atoms. The van der Waals surface area contributed by atoms with E-state index >= 15 is 0 Å². The van der Waals surface area contributed by atoms with E-state index in [9.17, 15) is 18.0 Å². The number of hydrogen-bond donors (Lipinski definition) is 1. The minimum atomic E-state index is -1.22. The molecule has 1 amide bonds. The highest BCUT2D eigenvalue weighted by Crippen LogP contribution is 2.14. The predicted octanol–water partition coefficient (Wildman–Crippen LogP) is 3.24. The first-order chi connectivity index (χ1) is 8.45. The monoisotopic (exact) mass is 279 g/mol. The van der Waals surface area contributed by atoms with Gasteiger partial charge in [0.2, 0.25) is 0 Å². The molecule has 0 spiro atoms. The highest BCUT2D eigenvalue weighted by Gasteiger charge is 2.18. The average Bonchev–Trinajstić information content (AvgIpc) is 2.27.